The first kappa shape index (κ1) is 14.5. The fourth-order valence-electron chi connectivity index (χ4n) is 3.36. The van der Waals surface area contributed by atoms with Crippen LogP contribution in [0.1, 0.15) is 12.8 Å². The molecule has 5 rings (SSSR count). The van der Waals surface area contributed by atoms with Gasteiger partial charge in [0.05, 0.1) is 12.3 Å². The summed E-state index contributed by atoms with van der Waals surface area (Å²) in [6, 6.07) is 13.8. The molecule has 0 amide bonds. The monoisotopic (exact) mass is 334 g/mol. The molecule has 0 unspecified atom stereocenters. The van der Waals surface area contributed by atoms with Crippen LogP contribution in [-0.4, -0.2) is 32.4 Å². The average Bonchev–Trinajstić information content (AvgIpc) is 3.20. The van der Waals surface area contributed by atoms with Crippen LogP contribution in [0.2, 0.25) is 0 Å². The second-order valence-electron chi connectivity index (χ2n) is 6.65. The summed E-state index contributed by atoms with van der Waals surface area (Å²) >= 11 is 0. The second kappa shape index (κ2) is 5.60. The molecule has 1 aromatic carbocycles. The molecule has 6 heteroatoms. The number of furan rings is 1. The fourth-order valence-corrected chi connectivity index (χ4v) is 3.36. The van der Waals surface area contributed by atoms with E-state index < -0.39 is 0 Å². The van der Waals surface area contributed by atoms with Gasteiger partial charge in [0.25, 0.3) is 0 Å². The van der Waals surface area contributed by atoms with E-state index in [0.29, 0.717) is 5.92 Å². The van der Waals surface area contributed by atoms with Crippen LogP contribution in [0, 0.1) is 5.92 Å². The molecular formula is C19H18N4O2. The lowest BCUT2D eigenvalue weighted by Gasteiger charge is -2.31. The van der Waals surface area contributed by atoms with Gasteiger partial charge in [-0.25, -0.2) is 9.50 Å². The van der Waals surface area contributed by atoms with Gasteiger partial charge in [-0.05, 0) is 43.0 Å². The summed E-state index contributed by atoms with van der Waals surface area (Å²) in [5.41, 5.74) is 2.46. The molecule has 6 nitrogen and oxygen atoms in total. The Hall–Kier alpha value is -2.86. The maximum Gasteiger partial charge on any atom is 0.155 e. The fraction of sp³-hybridized carbons (Fsp3) is 0.263. The number of nitrogens with zero attached hydrogens (tertiary/aromatic N) is 3. The van der Waals surface area contributed by atoms with E-state index in [9.17, 15) is 5.11 Å². The van der Waals surface area contributed by atoms with Gasteiger partial charge in [0, 0.05) is 11.9 Å². The van der Waals surface area contributed by atoms with E-state index >= 15 is 0 Å². The van der Waals surface area contributed by atoms with Gasteiger partial charge in [0.15, 0.2) is 11.4 Å². The topological polar surface area (TPSA) is 75.6 Å². The zero-order valence-electron chi connectivity index (χ0n) is 13.6. The second-order valence-corrected chi connectivity index (χ2v) is 6.65. The van der Waals surface area contributed by atoms with Crippen molar-refractivity contribution in [2.75, 3.05) is 11.9 Å². The van der Waals surface area contributed by atoms with E-state index in [4.69, 9.17) is 4.42 Å². The first-order valence-electron chi connectivity index (χ1n) is 8.52. The van der Waals surface area contributed by atoms with Crippen LogP contribution in [0.25, 0.3) is 28.1 Å². The number of para-hydroxylation sites is 1. The third-order valence-corrected chi connectivity index (χ3v) is 4.82. The lowest BCUT2D eigenvalue weighted by molar-refractivity contribution is 0.0486. The summed E-state index contributed by atoms with van der Waals surface area (Å²) < 4.78 is 7.75. The van der Waals surface area contributed by atoms with Crippen molar-refractivity contribution in [3.05, 3.63) is 48.7 Å². The van der Waals surface area contributed by atoms with Gasteiger partial charge >= 0.3 is 0 Å². The number of fused-ring (bicyclic) bond motifs is 2. The lowest BCUT2D eigenvalue weighted by atomic mass is 9.82. The van der Waals surface area contributed by atoms with Crippen molar-refractivity contribution in [3.8, 4) is 11.5 Å². The average molecular weight is 334 g/mol. The standard InChI is InChI=1S/C19H18N4O2/c24-14-7-12(8-14)10-20-18-5-6-19-21-11-15(23(19)22-18)17-9-13-3-1-2-4-16(13)25-17/h1-6,9,11-12,14,24H,7-8,10H2,(H,20,22). The van der Waals surface area contributed by atoms with E-state index in [1.54, 1.807) is 10.7 Å². The predicted molar refractivity (Wildman–Crippen MR) is 95.4 cm³/mol. The molecule has 0 atom stereocenters. The molecule has 1 saturated carbocycles. The molecule has 1 aliphatic carbocycles. The molecule has 0 aliphatic heterocycles. The van der Waals surface area contributed by atoms with Crippen molar-refractivity contribution in [2.45, 2.75) is 18.9 Å². The Kier molecular flexibility index (Phi) is 3.24. The Morgan fingerprint density at radius 3 is 2.92 bits per heavy atom. The smallest absolute Gasteiger partial charge is 0.155 e. The number of benzene rings is 1. The van der Waals surface area contributed by atoms with Crippen LogP contribution in [0.4, 0.5) is 5.82 Å². The quantitative estimate of drug-likeness (QED) is 0.599. The van der Waals surface area contributed by atoms with Crippen LogP contribution in [0.15, 0.2) is 53.1 Å². The highest BCUT2D eigenvalue weighted by atomic mass is 16.3. The zero-order valence-corrected chi connectivity index (χ0v) is 13.6. The van der Waals surface area contributed by atoms with Gasteiger partial charge in [-0.1, -0.05) is 18.2 Å². The van der Waals surface area contributed by atoms with E-state index in [1.165, 1.54) is 0 Å². The van der Waals surface area contributed by atoms with Crippen LogP contribution in [0.5, 0.6) is 0 Å². The third kappa shape index (κ3) is 2.55. The molecule has 126 valence electrons. The molecule has 3 aromatic heterocycles. The van der Waals surface area contributed by atoms with Gasteiger partial charge in [-0.3, -0.25) is 0 Å². The first-order chi connectivity index (χ1) is 12.3. The predicted octanol–water partition coefficient (Wildman–Crippen LogP) is 3.33. The largest absolute Gasteiger partial charge is 0.454 e. The molecule has 4 aromatic rings. The lowest BCUT2D eigenvalue weighted by Crippen LogP contribution is -2.33. The Bertz CT molecular complexity index is 1010. The summed E-state index contributed by atoms with van der Waals surface area (Å²) in [4.78, 5) is 4.42. The van der Waals surface area contributed by atoms with E-state index in [-0.39, 0.29) is 6.10 Å². The summed E-state index contributed by atoms with van der Waals surface area (Å²) in [6.07, 6.45) is 3.39. The Morgan fingerprint density at radius 1 is 1.20 bits per heavy atom. The SMILES string of the molecule is OC1CC(CNc2ccc3ncc(-c4cc5ccccc5o4)n3n2)C1. The van der Waals surface area contributed by atoms with Crippen molar-refractivity contribution in [3.63, 3.8) is 0 Å². The van der Waals surface area contributed by atoms with Crippen LogP contribution in [-0.2, 0) is 0 Å². The minimum Gasteiger partial charge on any atom is -0.454 e. The van der Waals surface area contributed by atoms with Gasteiger partial charge in [0.1, 0.15) is 17.1 Å². The minimum absolute atomic E-state index is 0.129. The summed E-state index contributed by atoms with van der Waals surface area (Å²) in [7, 11) is 0. The maximum atomic E-state index is 9.39. The number of aromatic nitrogens is 3. The Balaban J connectivity index is 1.47. The molecule has 0 radical (unpaired) electrons. The minimum atomic E-state index is -0.129. The van der Waals surface area contributed by atoms with Crippen molar-refractivity contribution in [1.29, 1.82) is 0 Å². The zero-order chi connectivity index (χ0) is 16.8. The summed E-state index contributed by atoms with van der Waals surface area (Å²) in [5.74, 6) is 2.06. The third-order valence-electron chi connectivity index (χ3n) is 4.82. The van der Waals surface area contributed by atoms with Crippen molar-refractivity contribution < 1.29 is 9.52 Å². The van der Waals surface area contributed by atoms with Gasteiger partial charge in [-0.2, -0.15) is 0 Å². The van der Waals surface area contributed by atoms with Crippen LogP contribution < -0.4 is 5.32 Å². The van der Waals surface area contributed by atoms with E-state index in [2.05, 4.69) is 15.4 Å². The van der Waals surface area contributed by atoms with Gasteiger partial charge in [0.2, 0.25) is 0 Å². The summed E-state index contributed by atoms with van der Waals surface area (Å²) in [5, 5.41) is 18.5. The van der Waals surface area contributed by atoms with E-state index in [1.807, 2.05) is 42.5 Å². The Morgan fingerprint density at radius 2 is 2.08 bits per heavy atom. The maximum absolute atomic E-state index is 9.39. The number of imidazole rings is 1. The molecule has 1 fully saturated rings. The molecule has 25 heavy (non-hydrogen) atoms. The van der Waals surface area contributed by atoms with Crippen molar-refractivity contribution in [2.24, 2.45) is 5.92 Å². The van der Waals surface area contributed by atoms with Gasteiger partial charge < -0.3 is 14.8 Å². The normalized spacial score (nSPS) is 20.0. The highest BCUT2D eigenvalue weighted by molar-refractivity contribution is 5.82. The van der Waals surface area contributed by atoms with Crippen molar-refractivity contribution >= 4 is 22.4 Å². The molecule has 1 aliphatic rings. The highest BCUT2D eigenvalue weighted by Gasteiger charge is 2.26. The number of aliphatic hydroxyl groups excluding tert-OH is 1. The number of hydrogen-bond donors (Lipinski definition) is 2. The van der Waals surface area contributed by atoms with Crippen LogP contribution in [0.3, 0.4) is 0 Å². The number of rotatable bonds is 4. The summed E-state index contributed by atoms with van der Waals surface area (Å²) in [6.45, 7) is 0.824. The molecule has 0 saturated heterocycles. The Labute approximate surface area is 144 Å². The van der Waals surface area contributed by atoms with Crippen molar-refractivity contribution in [1.82, 2.24) is 14.6 Å². The molecular weight excluding hydrogens is 316 g/mol. The number of nitrogens with one attached hydrogen (secondary N) is 1. The van der Waals surface area contributed by atoms with Gasteiger partial charge in [-0.15, -0.1) is 5.10 Å². The molecule has 2 N–H and O–H groups in total. The highest BCUT2D eigenvalue weighted by Crippen LogP contribution is 2.29. The number of hydrogen-bond acceptors (Lipinski definition) is 5. The van der Waals surface area contributed by atoms with E-state index in [0.717, 1.165) is 53.3 Å². The van der Waals surface area contributed by atoms with Crippen LogP contribution >= 0.6 is 0 Å². The molecule has 3 heterocycles. The first-order valence-corrected chi connectivity index (χ1v) is 8.52. The molecule has 0 bridgehead atoms. The number of anilines is 1. The number of aliphatic hydroxyl groups is 1. The molecule has 0 spiro atoms.